The predicted octanol–water partition coefficient (Wildman–Crippen LogP) is 4.10. The summed E-state index contributed by atoms with van der Waals surface area (Å²) in [6.45, 7) is 0.176. The maximum Gasteiger partial charge on any atom is 0.408 e. The fraction of sp³-hybridized carbons (Fsp3) is 0.350. The van der Waals surface area contributed by atoms with Gasteiger partial charge in [0.05, 0.1) is 5.54 Å². The van der Waals surface area contributed by atoms with Crippen LogP contribution in [0.25, 0.3) is 0 Å². The number of aliphatic hydroxyl groups is 1. The van der Waals surface area contributed by atoms with Gasteiger partial charge >= 0.3 is 6.09 Å². The van der Waals surface area contributed by atoms with E-state index in [0.29, 0.717) is 18.4 Å². The zero-order valence-corrected chi connectivity index (χ0v) is 14.0. The van der Waals surface area contributed by atoms with Gasteiger partial charge in [0.25, 0.3) is 0 Å². The van der Waals surface area contributed by atoms with Gasteiger partial charge in [0, 0.05) is 0 Å². The number of carbonyl (C=O) groups excluding carboxylic acids is 1. The number of rotatable bonds is 5. The Morgan fingerprint density at radius 1 is 1.12 bits per heavy atom. The summed E-state index contributed by atoms with van der Waals surface area (Å²) < 4.78 is 18.4. The summed E-state index contributed by atoms with van der Waals surface area (Å²) in [6, 6.07) is 15.2. The van der Waals surface area contributed by atoms with Crippen molar-refractivity contribution in [2.45, 2.75) is 43.9 Å². The summed E-state index contributed by atoms with van der Waals surface area (Å²) in [6.07, 6.45) is 1.69. The van der Waals surface area contributed by atoms with Crippen LogP contribution in [0.2, 0.25) is 0 Å². The van der Waals surface area contributed by atoms with E-state index in [2.05, 4.69) is 5.32 Å². The Hall–Kier alpha value is -2.40. The summed E-state index contributed by atoms with van der Waals surface area (Å²) in [5.41, 5.74) is 0.717. The van der Waals surface area contributed by atoms with Gasteiger partial charge in [-0.15, -0.1) is 0 Å². The fourth-order valence-corrected chi connectivity index (χ4v) is 3.40. The lowest BCUT2D eigenvalue weighted by Crippen LogP contribution is -2.51. The van der Waals surface area contributed by atoms with Crippen molar-refractivity contribution in [2.24, 2.45) is 0 Å². The summed E-state index contributed by atoms with van der Waals surface area (Å²) in [7, 11) is 0. The molecule has 1 unspecified atom stereocenters. The average molecular weight is 343 g/mol. The molecule has 1 saturated carbocycles. The first-order chi connectivity index (χ1) is 12.1. The van der Waals surface area contributed by atoms with Gasteiger partial charge in [0.2, 0.25) is 0 Å². The van der Waals surface area contributed by atoms with E-state index in [0.717, 1.165) is 18.4 Å². The SMILES string of the molecule is O=C(NC1(C(O)c2ccc(F)cc2)CCCC1)OCc1ccccc1. The van der Waals surface area contributed by atoms with Crippen molar-refractivity contribution in [2.75, 3.05) is 0 Å². The van der Waals surface area contributed by atoms with Crippen molar-refractivity contribution < 1.29 is 19.0 Å². The van der Waals surface area contributed by atoms with Crippen LogP contribution in [-0.4, -0.2) is 16.7 Å². The normalized spacial score (nSPS) is 17.0. The van der Waals surface area contributed by atoms with Crippen molar-refractivity contribution in [3.8, 4) is 0 Å². The largest absolute Gasteiger partial charge is 0.445 e. The average Bonchev–Trinajstić information content (AvgIpc) is 3.10. The van der Waals surface area contributed by atoms with E-state index >= 15 is 0 Å². The molecule has 2 aromatic carbocycles. The van der Waals surface area contributed by atoms with Crippen molar-refractivity contribution in [1.82, 2.24) is 5.32 Å². The van der Waals surface area contributed by atoms with E-state index in [1.165, 1.54) is 12.1 Å². The highest BCUT2D eigenvalue weighted by atomic mass is 19.1. The lowest BCUT2D eigenvalue weighted by molar-refractivity contribution is 0.0515. The van der Waals surface area contributed by atoms with Crippen LogP contribution in [0.15, 0.2) is 54.6 Å². The third-order valence-corrected chi connectivity index (χ3v) is 4.77. The van der Waals surface area contributed by atoms with Gasteiger partial charge in [-0.05, 0) is 36.1 Å². The number of benzene rings is 2. The van der Waals surface area contributed by atoms with Crippen LogP contribution in [0.3, 0.4) is 0 Å². The molecule has 1 fully saturated rings. The molecule has 3 rings (SSSR count). The Morgan fingerprint density at radius 2 is 1.76 bits per heavy atom. The molecule has 0 aromatic heterocycles. The number of alkyl carbamates (subject to hydrolysis) is 1. The quantitative estimate of drug-likeness (QED) is 0.859. The van der Waals surface area contributed by atoms with Crippen molar-refractivity contribution in [3.05, 3.63) is 71.5 Å². The molecule has 0 bridgehead atoms. The van der Waals surface area contributed by atoms with E-state index < -0.39 is 17.7 Å². The van der Waals surface area contributed by atoms with Crippen LogP contribution >= 0.6 is 0 Å². The van der Waals surface area contributed by atoms with Crippen molar-refractivity contribution >= 4 is 6.09 Å². The second kappa shape index (κ2) is 7.66. The topological polar surface area (TPSA) is 58.6 Å². The summed E-state index contributed by atoms with van der Waals surface area (Å²) in [4.78, 5) is 12.3. The Morgan fingerprint density at radius 3 is 2.40 bits per heavy atom. The maximum absolute atomic E-state index is 13.1. The number of carbonyl (C=O) groups is 1. The minimum Gasteiger partial charge on any atom is -0.445 e. The Bertz CT molecular complexity index is 697. The minimum absolute atomic E-state index is 0.176. The number of halogens is 1. The third-order valence-electron chi connectivity index (χ3n) is 4.77. The lowest BCUT2D eigenvalue weighted by Gasteiger charge is -2.35. The highest BCUT2D eigenvalue weighted by molar-refractivity contribution is 5.68. The molecular formula is C20H22FNO3. The van der Waals surface area contributed by atoms with Gasteiger partial charge in [-0.3, -0.25) is 0 Å². The van der Waals surface area contributed by atoms with E-state index in [-0.39, 0.29) is 12.4 Å². The molecule has 1 amide bonds. The number of amides is 1. The van der Waals surface area contributed by atoms with Crippen molar-refractivity contribution in [1.29, 1.82) is 0 Å². The number of hydrogen-bond donors (Lipinski definition) is 2. The number of aliphatic hydroxyl groups excluding tert-OH is 1. The molecule has 4 nitrogen and oxygen atoms in total. The van der Waals surface area contributed by atoms with Gasteiger partial charge in [-0.25, -0.2) is 9.18 Å². The smallest absolute Gasteiger partial charge is 0.408 e. The molecule has 1 atom stereocenters. The Balaban J connectivity index is 1.67. The molecule has 1 aliphatic rings. The van der Waals surface area contributed by atoms with Crippen LogP contribution in [-0.2, 0) is 11.3 Å². The lowest BCUT2D eigenvalue weighted by atomic mass is 9.86. The number of hydrogen-bond acceptors (Lipinski definition) is 3. The van der Waals surface area contributed by atoms with Gasteiger partial charge < -0.3 is 15.2 Å². The molecule has 0 heterocycles. The molecule has 0 radical (unpaired) electrons. The second-order valence-corrected chi connectivity index (χ2v) is 6.50. The summed E-state index contributed by atoms with van der Waals surface area (Å²) >= 11 is 0. The maximum atomic E-state index is 13.1. The van der Waals surface area contributed by atoms with Gasteiger partial charge in [-0.2, -0.15) is 0 Å². The van der Waals surface area contributed by atoms with Crippen LogP contribution in [0.1, 0.15) is 42.9 Å². The fourth-order valence-electron chi connectivity index (χ4n) is 3.40. The predicted molar refractivity (Wildman–Crippen MR) is 92.3 cm³/mol. The first-order valence-electron chi connectivity index (χ1n) is 8.51. The molecule has 2 aromatic rings. The zero-order chi connectivity index (χ0) is 17.7. The number of ether oxygens (including phenoxy) is 1. The monoisotopic (exact) mass is 343 g/mol. The van der Waals surface area contributed by atoms with Crippen LogP contribution < -0.4 is 5.32 Å². The van der Waals surface area contributed by atoms with E-state index in [1.807, 2.05) is 30.3 Å². The highest BCUT2D eigenvalue weighted by Gasteiger charge is 2.43. The first kappa shape index (κ1) is 17.4. The van der Waals surface area contributed by atoms with E-state index in [9.17, 15) is 14.3 Å². The molecule has 0 spiro atoms. The molecule has 25 heavy (non-hydrogen) atoms. The molecule has 132 valence electrons. The van der Waals surface area contributed by atoms with Gasteiger partial charge in [0.1, 0.15) is 18.5 Å². The summed E-state index contributed by atoms with van der Waals surface area (Å²) in [5.74, 6) is -0.355. The molecule has 2 N–H and O–H groups in total. The minimum atomic E-state index is -0.903. The third kappa shape index (κ3) is 4.17. The summed E-state index contributed by atoms with van der Waals surface area (Å²) in [5, 5.41) is 13.7. The second-order valence-electron chi connectivity index (χ2n) is 6.50. The highest BCUT2D eigenvalue weighted by Crippen LogP contribution is 2.40. The van der Waals surface area contributed by atoms with E-state index in [4.69, 9.17) is 4.74 Å². The molecule has 5 heteroatoms. The first-order valence-corrected chi connectivity index (χ1v) is 8.51. The van der Waals surface area contributed by atoms with Crippen molar-refractivity contribution in [3.63, 3.8) is 0 Å². The molecule has 1 aliphatic carbocycles. The molecular weight excluding hydrogens is 321 g/mol. The van der Waals surface area contributed by atoms with Crippen LogP contribution in [0.4, 0.5) is 9.18 Å². The Labute approximate surface area is 146 Å². The van der Waals surface area contributed by atoms with Gasteiger partial charge in [0.15, 0.2) is 0 Å². The van der Waals surface area contributed by atoms with E-state index in [1.54, 1.807) is 12.1 Å². The standard InChI is InChI=1S/C20H22FNO3/c21-17-10-8-16(9-11-17)18(23)20(12-4-5-13-20)22-19(24)25-14-15-6-2-1-3-7-15/h1-3,6-11,18,23H,4-5,12-14H2,(H,22,24). The number of nitrogens with one attached hydrogen (secondary N) is 1. The van der Waals surface area contributed by atoms with Crippen LogP contribution in [0, 0.1) is 5.82 Å². The van der Waals surface area contributed by atoms with Crippen LogP contribution in [0.5, 0.6) is 0 Å². The molecule has 0 saturated heterocycles. The Kier molecular flexibility index (Phi) is 5.34. The zero-order valence-electron chi connectivity index (χ0n) is 14.0. The van der Waals surface area contributed by atoms with Gasteiger partial charge in [-0.1, -0.05) is 55.3 Å². The molecule has 0 aliphatic heterocycles.